The third-order valence-corrected chi connectivity index (χ3v) is 10.0. The second kappa shape index (κ2) is 10.3. The molecule has 164 valence electrons. The largest absolute Gasteiger partial charge is 0.390 e. The first-order chi connectivity index (χ1) is 14.3. The summed E-state index contributed by atoms with van der Waals surface area (Å²) in [7, 11) is 0. The van der Waals surface area contributed by atoms with Gasteiger partial charge >= 0.3 is 0 Å². The van der Waals surface area contributed by atoms with E-state index in [1.54, 1.807) is 0 Å². The minimum Gasteiger partial charge on any atom is -0.390 e. The zero-order valence-electron chi connectivity index (χ0n) is 18.0. The lowest BCUT2D eigenvalue weighted by molar-refractivity contribution is 0.00642. The molecule has 0 saturated heterocycles. The number of rotatable bonds is 2. The van der Waals surface area contributed by atoms with E-state index < -0.39 is 17.6 Å². The Morgan fingerprint density at radius 2 is 1.27 bits per heavy atom. The third-order valence-electron chi connectivity index (χ3n) is 6.99. The van der Waals surface area contributed by atoms with E-state index >= 15 is 0 Å². The molecule has 0 aliphatic heterocycles. The minimum atomic E-state index is -0.851. The van der Waals surface area contributed by atoms with Crippen molar-refractivity contribution >= 4 is 31.9 Å². The fourth-order valence-electron chi connectivity index (χ4n) is 5.31. The summed E-state index contributed by atoms with van der Waals surface area (Å²) in [5.74, 6) is 0. The molecule has 4 heteroatoms. The minimum absolute atomic E-state index is 0.0975. The van der Waals surface area contributed by atoms with Crippen molar-refractivity contribution in [1.82, 2.24) is 0 Å². The fourth-order valence-corrected chi connectivity index (χ4v) is 7.52. The maximum absolute atomic E-state index is 11.1. The third kappa shape index (κ3) is 4.57. The molecule has 0 heterocycles. The van der Waals surface area contributed by atoms with E-state index in [1.165, 1.54) is 11.1 Å². The lowest BCUT2D eigenvalue weighted by Crippen LogP contribution is -2.56. The molecule has 1 aliphatic rings. The second-order valence-electron chi connectivity index (χ2n) is 9.28. The molecule has 2 nitrogen and oxygen atoms in total. The molecular weight excluding hydrogens is 504 g/mol. The average Bonchev–Trinajstić information content (AvgIpc) is 2.76. The molecule has 1 aliphatic carbocycles. The Bertz CT molecular complexity index is 739. The van der Waals surface area contributed by atoms with Crippen LogP contribution in [-0.4, -0.2) is 32.1 Å². The molecule has 3 rings (SSSR count). The van der Waals surface area contributed by atoms with Crippen molar-refractivity contribution < 1.29 is 10.2 Å². The first-order valence-electron chi connectivity index (χ1n) is 11.1. The average molecular weight is 538 g/mol. The van der Waals surface area contributed by atoms with E-state index in [4.69, 9.17) is 0 Å². The highest BCUT2D eigenvalue weighted by molar-refractivity contribution is 9.12. The Hall–Kier alpha value is -0.680. The molecular formula is C26H34Br2O2. The molecule has 4 atom stereocenters. The highest BCUT2D eigenvalue weighted by Gasteiger charge is 2.54. The Labute approximate surface area is 198 Å². The number of hydrogen-bond acceptors (Lipinski definition) is 2. The quantitative estimate of drug-likeness (QED) is 0.423. The lowest BCUT2D eigenvalue weighted by atomic mass is 9.54. The Kier molecular flexibility index (Phi) is 8.22. The summed E-state index contributed by atoms with van der Waals surface area (Å²) in [6, 6.07) is 21.3. The number of aliphatic hydroxyl groups excluding tert-OH is 2. The van der Waals surface area contributed by atoms with Gasteiger partial charge in [0.15, 0.2) is 0 Å². The van der Waals surface area contributed by atoms with Crippen molar-refractivity contribution in [1.29, 1.82) is 0 Å². The van der Waals surface area contributed by atoms with Crippen LogP contribution in [-0.2, 0) is 5.41 Å². The fraction of sp³-hybridized carbons (Fsp3) is 0.538. The van der Waals surface area contributed by atoms with Gasteiger partial charge in [0.05, 0.1) is 17.0 Å². The summed E-state index contributed by atoms with van der Waals surface area (Å²) in [5.41, 5.74) is 1.96. The zero-order chi connectivity index (χ0) is 21.8. The Balaban J connectivity index is 2.26. The van der Waals surface area contributed by atoms with Crippen LogP contribution in [0.25, 0.3) is 0 Å². The van der Waals surface area contributed by atoms with Gasteiger partial charge in [-0.25, -0.2) is 0 Å². The molecule has 1 fully saturated rings. The molecule has 0 aromatic heterocycles. The molecule has 1 saturated carbocycles. The number of aliphatic hydroxyl groups is 2. The number of halogens is 2. The van der Waals surface area contributed by atoms with Crippen molar-refractivity contribution in [3.05, 3.63) is 71.8 Å². The van der Waals surface area contributed by atoms with Crippen LogP contribution in [0.3, 0.4) is 0 Å². The van der Waals surface area contributed by atoms with E-state index in [2.05, 4.69) is 106 Å². The van der Waals surface area contributed by atoms with E-state index in [0.717, 1.165) is 32.1 Å². The van der Waals surface area contributed by atoms with Crippen LogP contribution in [0.15, 0.2) is 60.7 Å². The first-order valence-corrected chi connectivity index (χ1v) is 12.9. The van der Waals surface area contributed by atoms with Gasteiger partial charge in [0.2, 0.25) is 0 Å². The molecule has 30 heavy (non-hydrogen) atoms. The lowest BCUT2D eigenvalue weighted by Gasteiger charge is -2.53. The molecule has 0 bridgehead atoms. The van der Waals surface area contributed by atoms with Gasteiger partial charge in [-0.1, -0.05) is 132 Å². The standard InChI is InChI=1S/C26H34Br2O2/c1-25(2)18-12-4-3-11-17-21(29)23(30)22(27)24(28)26(25,19-13-7-5-8-14-19)20-15-9-6-10-16-20/h5-10,13-16,21-24,29-30H,3-4,11-12,17-18H2,1-2H3. The molecule has 0 radical (unpaired) electrons. The van der Waals surface area contributed by atoms with Crippen LogP contribution in [0.5, 0.6) is 0 Å². The van der Waals surface area contributed by atoms with E-state index in [-0.39, 0.29) is 15.1 Å². The number of alkyl halides is 2. The van der Waals surface area contributed by atoms with Crippen LogP contribution in [0.2, 0.25) is 0 Å². The predicted molar refractivity (Wildman–Crippen MR) is 133 cm³/mol. The monoisotopic (exact) mass is 536 g/mol. The van der Waals surface area contributed by atoms with Crippen LogP contribution in [0.4, 0.5) is 0 Å². The summed E-state index contributed by atoms with van der Waals surface area (Å²) in [4.78, 5) is -0.444. The molecule has 2 aromatic rings. The van der Waals surface area contributed by atoms with E-state index in [1.807, 2.05) is 0 Å². The normalized spacial score (nSPS) is 30.1. The van der Waals surface area contributed by atoms with Gasteiger partial charge in [0.25, 0.3) is 0 Å². The van der Waals surface area contributed by atoms with Crippen molar-refractivity contribution in [3.8, 4) is 0 Å². The maximum Gasteiger partial charge on any atom is 0.0935 e. The van der Waals surface area contributed by atoms with Gasteiger partial charge in [0.1, 0.15) is 0 Å². The van der Waals surface area contributed by atoms with E-state index in [0.29, 0.717) is 6.42 Å². The smallest absolute Gasteiger partial charge is 0.0935 e. The topological polar surface area (TPSA) is 40.5 Å². The molecule has 2 aromatic carbocycles. The summed E-state index contributed by atoms with van der Waals surface area (Å²) in [5, 5.41) is 21.8. The molecule has 0 spiro atoms. The Morgan fingerprint density at radius 3 is 1.80 bits per heavy atom. The number of hydrogen-bond donors (Lipinski definition) is 2. The molecule has 4 unspecified atom stereocenters. The van der Waals surface area contributed by atoms with Crippen LogP contribution < -0.4 is 0 Å². The summed E-state index contributed by atoms with van der Waals surface area (Å²) >= 11 is 7.88. The molecule has 2 N–H and O–H groups in total. The predicted octanol–water partition coefficient (Wildman–Crippen LogP) is 6.60. The van der Waals surface area contributed by atoms with Crippen molar-refractivity contribution in [3.63, 3.8) is 0 Å². The second-order valence-corrected chi connectivity index (χ2v) is 11.3. The van der Waals surface area contributed by atoms with Gasteiger partial charge in [-0.15, -0.1) is 0 Å². The summed E-state index contributed by atoms with van der Waals surface area (Å²) in [6.45, 7) is 4.71. The number of benzene rings is 2. The van der Waals surface area contributed by atoms with Gasteiger partial charge in [-0.05, 0) is 29.4 Å². The van der Waals surface area contributed by atoms with Gasteiger partial charge < -0.3 is 10.2 Å². The Morgan fingerprint density at radius 1 is 0.767 bits per heavy atom. The van der Waals surface area contributed by atoms with Crippen LogP contribution >= 0.6 is 31.9 Å². The van der Waals surface area contributed by atoms with Crippen molar-refractivity contribution in [2.75, 3.05) is 0 Å². The summed E-state index contributed by atoms with van der Waals surface area (Å²) < 4.78 is 0. The molecule has 0 amide bonds. The highest BCUT2D eigenvalue weighted by Crippen LogP contribution is 2.56. The zero-order valence-corrected chi connectivity index (χ0v) is 21.1. The van der Waals surface area contributed by atoms with Crippen molar-refractivity contribution in [2.45, 2.75) is 79.6 Å². The van der Waals surface area contributed by atoms with Gasteiger partial charge in [-0.2, -0.15) is 0 Å². The van der Waals surface area contributed by atoms with Crippen molar-refractivity contribution in [2.24, 2.45) is 5.41 Å². The van der Waals surface area contributed by atoms with E-state index in [9.17, 15) is 10.2 Å². The van der Waals surface area contributed by atoms with Gasteiger partial charge in [-0.3, -0.25) is 0 Å². The van der Waals surface area contributed by atoms with Gasteiger partial charge in [0, 0.05) is 10.2 Å². The first kappa shape index (κ1) is 24.0. The van der Waals surface area contributed by atoms with Crippen LogP contribution in [0, 0.1) is 5.41 Å². The SMILES string of the molecule is CC1(C)CCCCCCC(O)C(O)C(Br)C(Br)C1(c1ccccc1)c1ccccc1. The highest BCUT2D eigenvalue weighted by atomic mass is 79.9. The summed E-state index contributed by atoms with van der Waals surface area (Å²) in [6.07, 6.45) is 4.48. The maximum atomic E-state index is 11.1. The van der Waals surface area contributed by atoms with Crippen LogP contribution in [0.1, 0.15) is 63.5 Å².